The molecule has 0 aromatic heterocycles. The van der Waals surface area contributed by atoms with Gasteiger partial charge in [-0.2, -0.15) is 17.5 Å². The van der Waals surface area contributed by atoms with Gasteiger partial charge in [0.2, 0.25) is 15.9 Å². The van der Waals surface area contributed by atoms with Crippen LogP contribution in [0.25, 0.3) is 0 Å². The third kappa shape index (κ3) is 6.03. The van der Waals surface area contributed by atoms with E-state index < -0.39 is 49.7 Å². The molecule has 31 heavy (non-hydrogen) atoms. The van der Waals surface area contributed by atoms with Crippen LogP contribution in [0.1, 0.15) is 5.56 Å². The van der Waals surface area contributed by atoms with Crippen LogP contribution in [0, 0.1) is 10.1 Å². The Balaban J connectivity index is 2.28. The highest BCUT2D eigenvalue weighted by Gasteiger charge is 2.33. The quantitative estimate of drug-likeness (QED) is 0.350. The lowest BCUT2D eigenvalue weighted by atomic mass is 10.2. The van der Waals surface area contributed by atoms with E-state index in [4.69, 9.17) is 11.6 Å². The van der Waals surface area contributed by atoms with Gasteiger partial charge in [0.05, 0.1) is 21.9 Å². The van der Waals surface area contributed by atoms with Crippen molar-refractivity contribution < 1.29 is 31.3 Å². The number of hydrogen-bond donors (Lipinski definition) is 1. The van der Waals surface area contributed by atoms with Crippen molar-refractivity contribution in [1.29, 1.82) is 0 Å². The lowest BCUT2D eigenvalue weighted by molar-refractivity contribution is -0.384. The van der Waals surface area contributed by atoms with Crippen LogP contribution in [0.5, 0.6) is 0 Å². The molecule has 13 heteroatoms. The Labute approximate surface area is 180 Å². The summed E-state index contributed by atoms with van der Waals surface area (Å²) >= 11 is 5.69. The fourth-order valence-electron chi connectivity index (χ4n) is 2.46. The summed E-state index contributed by atoms with van der Waals surface area (Å²) in [6.07, 6.45) is -3.60. The predicted octanol–water partition coefficient (Wildman–Crippen LogP) is 4.08. The molecule has 0 unspecified atom stereocenters. The van der Waals surface area contributed by atoms with E-state index >= 15 is 0 Å². The Kier molecular flexibility index (Phi) is 7.41. The van der Waals surface area contributed by atoms with Gasteiger partial charge in [-0.1, -0.05) is 23.7 Å². The summed E-state index contributed by atoms with van der Waals surface area (Å²) in [5.41, 5.74) is -1.65. The van der Waals surface area contributed by atoms with E-state index in [9.17, 15) is 36.5 Å². The number of sulfonamides is 1. The van der Waals surface area contributed by atoms with Crippen LogP contribution >= 0.6 is 11.6 Å². The number of halogens is 4. The zero-order valence-corrected chi connectivity index (χ0v) is 17.2. The minimum absolute atomic E-state index is 0.0175. The van der Waals surface area contributed by atoms with Gasteiger partial charge < -0.3 is 5.32 Å². The molecule has 2 aromatic carbocycles. The summed E-state index contributed by atoms with van der Waals surface area (Å²) in [4.78, 5) is 21.9. The van der Waals surface area contributed by atoms with Crippen LogP contribution in [0.15, 0.2) is 60.0 Å². The summed E-state index contributed by atoms with van der Waals surface area (Å²) in [5, 5.41) is 13.1. The number of nitrogens with one attached hydrogen (secondary N) is 1. The molecular formula is C18H15ClF3N3O5S. The van der Waals surface area contributed by atoms with E-state index in [1.807, 2.05) is 0 Å². The smallest absolute Gasteiger partial charge is 0.325 e. The molecular weight excluding hydrogens is 463 g/mol. The summed E-state index contributed by atoms with van der Waals surface area (Å²) < 4.78 is 65.0. The van der Waals surface area contributed by atoms with Gasteiger partial charge >= 0.3 is 6.18 Å². The molecule has 0 spiro atoms. The second-order valence-electron chi connectivity index (χ2n) is 6.08. The number of alkyl halides is 3. The molecule has 0 saturated carbocycles. The second-order valence-corrected chi connectivity index (χ2v) is 8.43. The van der Waals surface area contributed by atoms with E-state index in [0.717, 1.165) is 30.3 Å². The molecule has 0 radical (unpaired) electrons. The third-order valence-electron chi connectivity index (χ3n) is 3.88. The molecule has 1 amide bonds. The van der Waals surface area contributed by atoms with E-state index in [0.29, 0.717) is 10.4 Å². The van der Waals surface area contributed by atoms with Crippen LogP contribution in [-0.4, -0.2) is 36.6 Å². The Bertz CT molecular complexity index is 1120. The molecule has 0 heterocycles. The fraction of sp³-hybridized carbons (Fsp3) is 0.167. The molecule has 2 rings (SSSR count). The van der Waals surface area contributed by atoms with Crippen molar-refractivity contribution in [2.75, 3.05) is 18.4 Å². The molecule has 0 bridgehead atoms. The number of nitro benzene ring substituents is 1. The third-order valence-corrected chi connectivity index (χ3v) is 6.01. The highest BCUT2D eigenvalue weighted by molar-refractivity contribution is 7.89. The van der Waals surface area contributed by atoms with E-state index in [-0.39, 0.29) is 17.3 Å². The summed E-state index contributed by atoms with van der Waals surface area (Å²) in [6.45, 7) is 2.24. The van der Waals surface area contributed by atoms with Crippen molar-refractivity contribution in [2.24, 2.45) is 0 Å². The molecule has 1 N–H and O–H groups in total. The Morgan fingerprint density at radius 2 is 1.94 bits per heavy atom. The maximum atomic E-state index is 12.9. The van der Waals surface area contributed by atoms with E-state index in [1.165, 1.54) is 12.1 Å². The number of carbonyl (C=O) groups is 1. The van der Waals surface area contributed by atoms with E-state index in [2.05, 4.69) is 11.9 Å². The number of nitro groups is 1. The first kappa shape index (κ1) is 24.3. The lowest BCUT2D eigenvalue weighted by Gasteiger charge is -2.21. The Morgan fingerprint density at radius 1 is 1.26 bits per heavy atom. The molecule has 0 fully saturated rings. The topological polar surface area (TPSA) is 110 Å². The standard InChI is InChI=1S/C18H15ClF3N3O5S/c1-2-8-24(31(29,30)14-5-3-4-12(9-14)18(20,21)22)11-17(26)23-13-6-7-15(19)16(10-13)25(27)28/h2-7,9-10H,1,8,11H2,(H,23,26). The lowest BCUT2D eigenvalue weighted by Crippen LogP contribution is -2.38. The van der Waals surface area contributed by atoms with E-state index in [1.54, 1.807) is 0 Å². The zero-order valence-electron chi connectivity index (χ0n) is 15.6. The molecule has 8 nitrogen and oxygen atoms in total. The number of benzene rings is 2. The van der Waals surface area contributed by atoms with Gasteiger partial charge in [-0.25, -0.2) is 8.42 Å². The van der Waals surface area contributed by atoms with Crippen molar-refractivity contribution in [3.05, 3.63) is 75.8 Å². The fourth-order valence-corrected chi connectivity index (χ4v) is 4.06. The number of anilines is 1. The van der Waals surface area contributed by atoms with Gasteiger partial charge in [-0.15, -0.1) is 6.58 Å². The maximum Gasteiger partial charge on any atom is 0.416 e. The van der Waals surface area contributed by atoms with Crippen LogP contribution < -0.4 is 5.32 Å². The normalized spacial score (nSPS) is 11.9. The summed E-state index contributed by atoms with van der Waals surface area (Å²) in [7, 11) is -4.49. The highest BCUT2D eigenvalue weighted by Crippen LogP contribution is 2.31. The maximum absolute atomic E-state index is 12.9. The Hall–Kier alpha value is -2.96. The monoisotopic (exact) mass is 477 g/mol. The van der Waals surface area contributed by atoms with Gasteiger partial charge in [0, 0.05) is 18.3 Å². The molecule has 0 aliphatic carbocycles. The number of amides is 1. The zero-order chi connectivity index (χ0) is 23.4. The van der Waals surface area contributed by atoms with Gasteiger partial charge in [-0.3, -0.25) is 14.9 Å². The largest absolute Gasteiger partial charge is 0.416 e. The van der Waals surface area contributed by atoms with Gasteiger partial charge in [0.25, 0.3) is 5.69 Å². The van der Waals surface area contributed by atoms with Gasteiger partial charge in [0.15, 0.2) is 0 Å². The molecule has 0 saturated heterocycles. The average molecular weight is 478 g/mol. The first-order chi connectivity index (χ1) is 14.4. The first-order valence-corrected chi connectivity index (χ1v) is 10.2. The van der Waals surface area contributed by atoms with Crippen molar-refractivity contribution in [1.82, 2.24) is 4.31 Å². The SMILES string of the molecule is C=CCN(CC(=O)Nc1ccc(Cl)c([N+](=O)[O-])c1)S(=O)(=O)c1cccc(C(F)(F)F)c1. The second kappa shape index (κ2) is 9.45. The predicted molar refractivity (Wildman–Crippen MR) is 107 cm³/mol. The van der Waals surface area contributed by atoms with Crippen LogP contribution in [0.2, 0.25) is 5.02 Å². The minimum atomic E-state index is -4.75. The van der Waals surface area contributed by atoms with Gasteiger partial charge in [0.1, 0.15) is 5.02 Å². The number of rotatable bonds is 8. The van der Waals surface area contributed by atoms with Crippen LogP contribution in [0.3, 0.4) is 0 Å². The molecule has 0 aliphatic rings. The number of hydrogen-bond acceptors (Lipinski definition) is 5. The highest BCUT2D eigenvalue weighted by atomic mass is 35.5. The number of nitrogens with zero attached hydrogens (tertiary/aromatic N) is 2. The summed E-state index contributed by atoms with van der Waals surface area (Å²) in [5.74, 6) is -0.881. The average Bonchev–Trinajstić information content (AvgIpc) is 2.68. The summed E-state index contributed by atoms with van der Waals surface area (Å²) in [6, 6.07) is 6.53. The molecule has 166 valence electrons. The Morgan fingerprint density at radius 3 is 2.52 bits per heavy atom. The minimum Gasteiger partial charge on any atom is -0.325 e. The molecule has 0 aliphatic heterocycles. The molecule has 0 atom stereocenters. The van der Waals surface area contributed by atoms with Crippen molar-refractivity contribution >= 4 is 38.9 Å². The number of carbonyl (C=O) groups excluding carboxylic acids is 1. The van der Waals surface area contributed by atoms with Crippen molar-refractivity contribution in [3.63, 3.8) is 0 Å². The molecule has 2 aromatic rings. The van der Waals surface area contributed by atoms with Crippen LogP contribution in [0.4, 0.5) is 24.5 Å². The van der Waals surface area contributed by atoms with Gasteiger partial charge in [-0.05, 0) is 30.3 Å². The van der Waals surface area contributed by atoms with Crippen molar-refractivity contribution in [3.8, 4) is 0 Å². The first-order valence-electron chi connectivity index (χ1n) is 8.38. The van der Waals surface area contributed by atoms with Crippen LogP contribution in [-0.2, 0) is 21.0 Å². The van der Waals surface area contributed by atoms with Crippen molar-refractivity contribution in [2.45, 2.75) is 11.1 Å².